The molecule has 0 atom stereocenters. The van der Waals surface area contributed by atoms with Crippen LogP contribution < -0.4 is 10.9 Å². The number of halogens is 1. The van der Waals surface area contributed by atoms with Crippen LogP contribution >= 0.6 is 15.9 Å². The number of fused-ring (bicyclic) bond motifs is 1. The molecule has 100 valence electrons. The summed E-state index contributed by atoms with van der Waals surface area (Å²) in [5.74, 6) is 0. The van der Waals surface area contributed by atoms with Gasteiger partial charge in [0.25, 0.3) is 0 Å². The predicted octanol–water partition coefficient (Wildman–Crippen LogP) is 4.72. The number of rotatable bonds is 4. The van der Waals surface area contributed by atoms with Crippen LogP contribution in [0.25, 0.3) is 10.8 Å². The summed E-state index contributed by atoms with van der Waals surface area (Å²) in [4.78, 5) is 0. The molecule has 0 spiro atoms. The first-order valence-electron chi connectivity index (χ1n) is 6.54. The van der Waals surface area contributed by atoms with Crippen molar-refractivity contribution in [2.45, 2.75) is 6.54 Å². The SMILES string of the molecule is Brc1c(CNNc2ccccc2)ccc2ccccc12. The van der Waals surface area contributed by atoms with Crippen LogP contribution in [0.5, 0.6) is 0 Å². The Bertz CT molecular complexity index is 711. The van der Waals surface area contributed by atoms with Crippen molar-refractivity contribution < 1.29 is 0 Å². The van der Waals surface area contributed by atoms with Crippen molar-refractivity contribution in [1.82, 2.24) is 5.43 Å². The molecule has 3 rings (SSSR count). The van der Waals surface area contributed by atoms with E-state index in [1.807, 2.05) is 30.3 Å². The van der Waals surface area contributed by atoms with Gasteiger partial charge in [0.15, 0.2) is 0 Å². The van der Waals surface area contributed by atoms with Crippen LogP contribution in [0.2, 0.25) is 0 Å². The Labute approximate surface area is 126 Å². The molecule has 0 aliphatic heterocycles. The number of nitrogens with one attached hydrogen (secondary N) is 2. The van der Waals surface area contributed by atoms with Crippen LogP contribution in [0.1, 0.15) is 5.56 Å². The molecule has 0 fully saturated rings. The maximum atomic E-state index is 3.70. The average molecular weight is 327 g/mol. The van der Waals surface area contributed by atoms with E-state index in [9.17, 15) is 0 Å². The Morgan fingerprint density at radius 3 is 2.40 bits per heavy atom. The Morgan fingerprint density at radius 1 is 0.800 bits per heavy atom. The maximum absolute atomic E-state index is 3.70. The normalized spacial score (nSPS) is 10.7. The summed E-state index contributed by atoms with van der Waals surface area (Å²) in [7, 11) is 0. The highest BCUT2D eigenvalue weighted by Crippen LogP contribution is 2.27. The number of hydrogen-bond donors (Lipinski definition) is 2. The second kappa shape index (κ2) is 6.07. The smallest absolute Gasteiger partial charge is 0.0487 e. The van der Waals surface area contributed by atoms with E-state index in [1.54, 1.807) is 0 Å². The summed E-state index contributed by atoms with van der Waals surface area (Å²) in [6.07, 6.45) is 0. The Morgan fingerprint density at radius 2 is 1.55 bits per heavy atom. The fourth-order valence-electron chi connectivity index (χ4n) is 2.18. The maximum Gasteiger partial charge on any atom is 0.0487 e. The second-order valence-corrected chi connectivity index (χ2v) is 5.40. The van der Waals surface area contributed by atoms with Gasteiger partial charge in [-0.2, -0.15) is 0 Å². The monoisotopic (exact) mass is 326 g/mol. The van der Waals surface area contributed by atoms with Crippen molar-refractivity contribution in [2.75, 3.05) is 5.43 Å². The Kier molecular flexibility index (Phi) is 4.00. The Balaban J connectivity index is 1.73. The average Bonchev–Trinajstić information content (AvgIpc) is 2.51. The molecule has 0 aromatic heterocycles. The van der Waals surface area contributed by atoms with Crippen LogP contribution in [0.3, 0.4) is 0 Å². The molecule has 0 bridgehead atoms. The van der Waals surface area contributed by atoms with E-state index in [1.165, 1.54) is 16.3 Å². The van der Waals surface area contributed by atoms with Crippen molar-refractivity contribution in [1.29, 1.82) is 0 Å². The summed E-state index contributed by atoms with van der Waals surface area (Å²) in [5, 5.41) is 2.49. The predicted molar refractivity (Wildman–Crippen MR) is 88.6 cm³/mol. The van der Waals surface area contributed by atoms with Gasteiger partial charge in [0, 0.05) is 16.7 Å². The van der Waals surface area contributed by atoms with Gasteiger partial charge in [0.1, 0.15) is 0 Å². The summed E-state index contributed by atoms with van der Waals surface area (Å²) < 4.78 is 1.15. The molecule has 3 heteroatoms. The van der Waals surface area contributed by atoms with E-state index in [4.69, 9.17) is 0 Å². The molecule has 2 N–H and O–H groups in total. The lowest BCUT2D eigenvalue weighted by Gasteiger charge is -2.11. The van der Waals surface area contributed by atoms with Gasteiger partial charge in [-0.15, -0.1) is 0 Å². The minimum absolute atomic E-state index is 0.750. The molecule has 0 radical (unpaired) electrons. The summed E-state index contributed by atoms with van der Waals surface area (Å²) in [5.41, 5.74) is 8.73. The minimum Gasteiger partial charge on any atom is -0.321 e. The number of benzene rings is 3. The largest absolute Gasteiger partial charge is 0.321 e. The van der Waals surface area contributed by atoms with Crippen LogP contribution in [-0.4, -0.2) is 0 Å². The molecular weight excluding hydrogens is 312 g/mol. The van der Waals surface area contributed by atoms with Crippen molar-refractivity contribution in [2.24, 2.45) is 0 Å². The number of para-hydroxylation sites is 1. The standard InChI is InChI=1S/C17H15BrN2/c18-17-14(11-10-13-6-4-5-9-16(13)17)12-19-20-15-7-2-1-3-8-15/h1-11,19-20H,12H2. The van der Waals surface area contributed by atoms with Gasteiger partial charge in [0.05, 0.1) is 0 Å². The topological polar surface area (TPSA) is 24.1 Å². The fourth-order valence-corrected chi connectivity index (χ4v) is 2.81. The van der Waals surface area contributed by atoms with Gasteiger partial charge >= 0.3 is 0 Å². The number of hydrazine groups is 1. The van der Waals surface area contributed by atoms with Gasteiger partial charge in [-0.3, -0.25) is 0 Å². The lowest BCUT2D eigenvalue weighted by atomic mass is 10.1. The molecule has 2 nitrogen and oxygen atoms in total. The van der Waals surface area contributed by atoms with Crippen molar-refractivity contribution in [3.8, 4) is 0 Å². The third-order valence-electron chi connectivity index (χ3n) is 3.23. The highest BCUT2D eigenvalue weighted by Gasteiger charge is 2.04. The number of hydrogen-bond acceptors (Lipinski definition) is 2. The summed E-state index contributed by atoms with van der Waals surface area (Å²) in [6.45, 7) is 0.750. The molecule has 3 aromatic rings. The first-order chi connectivity index (χ1) is 9.84. The van der Waals surface area contributed by atoms with E-state index < -0.39 is 0 Å². The van der Waals surface area contributed by atoms with Crippen molar-refractivity contribution in [3.63, 3.8) is 0 Å². The lowest BCUT2D eigenvalue weighted by molar-refractivity contribution is 0.799. The molecule has 0 aliphatic carbocycles. The van der Waals surface area contributed by atoms with Crippen LogP contribution in [0.15, 0.2) is 71.2 Å². The second-order valence-electron chi connectivity index (χ2n) is 4.60. The molecule has 3 aromatic carbocycles. The Hall–Kier alpha value is -1.84. The quantitative estimate of drug-likeness (QED) is 0.678. The molecule has 20 heavy (non-hydrogen) atoms. The van der Waals surface area contributed by atoms with E-state index in [-0.39, 0.29) is 0 Å². The first-order valence-corrected chi connectivity index (χ1v) is 7.34. The molecular formula is C17H15BrN2. The van der Waals surface area contributed by atoms with Crippen molar-refractivity contribution in [3.05, 3.63) is 76.8 Å². The molecule has 0 saturated carbocycles. The van der Waals surface area contributed by atoms with E-state index in [0.29, 0.717) is 0 Å². The van der Waals surface area contributed by atoms with Gasteiger partial charge < -0.3 is 5.43 Å². The zero-order chi connectivity index (χ0) is 13.8. The van der Waals surface area contributed by atoms with E-state index in [2.05, 4.69) is 63.2 Å². The summed E-state index contributed by atoms with van der Waals surface area (Å²) >= 11 is 3.70. The molecule has 0 aliphatic rings. The van der Waals surface area contributed by atoms with Crippen LogP contribution in [-0.2, 0) is 6.54 Å². The third-order valence-corrected chi connectivity index (χ3v) is 4.17. The molecule has 0 heterocycles. The molecule has 0 amide bonds. The zero-order valence-electron chi connectivity index (χ0n) is 10.9. The molecule has 0 saturated heterocycles. The summed E-state index contributed by atoms with van der Waals surface area (Å²) in [6, 6.07) is 22.8. The number of anilines is 1. The van der Waals surface area contributed by atoms with Crippen molar-refractivity contribution >= 4 is 32.4 Å². The first kappa shape index (κ1) is 13.2. The highest BCUT2D eigenvalue weighted by molar-refractivity contribution is 9.10. The van der Waals surface area contributed by atoms with Gasteiger partial charge in [-0.05, 0) is 44.4 Å². The van der Waals surface area contributed by atoms with Gasteiger partial charge in [-0.25, -0.2) is 5.43 Å². The minimum atomic E-state index is 0.750. The highest BCUT2D eigenvalue weighted by atomic mass is 79.9. The van der Waals surface area contributed by atoms with Crippen LogP contribution in [0.4, 0.5) is 5.69 Å². The third kappa shape index (κ3) is 2.84. The molecule has 0 unspecified atom stereocenters. The van der Waals surface area contributed by atoms with E-state index >= 15 is 0 Å². The van der Waals surface area contributed by atoms with E-state index in [0.717, 1.165) is 16.7 Å². The zero-order valence-corrected chi connectivity index (χ0v) is 12.5. The van der Waals surface area contributed by atoms with Crippen LogP contribution in [0, 0.1) is 0 Å². The lowest BCUT2D eigenvalue weighted by Crippen LogP contribution is -2.21. The van der Waals surface area contributed by atoms with Gasteiger partial charge in [0.2, 0.25) is 0 Å². The van der Waals surface area contributed by atoms with Gasteiger partial charge in [-0.1, -0.05) is 54.6 Å². The fraction of sp³-hybridized carbons (Fsp3) is 0.0588.